The summed E-state index contributed by atoms with van der Waals surface area (Å²) in [5.74, 6) is -0.624. The van der Waals surface area contributed by atoms with Crippen molar-refractivity contribution < 1.29 is 14.7 Å². The maximum absolute atomic E-state index is 12.2. The highest BCUT2D eigenvalue weighted by Gasteiger charge is 2.14. The number of phenols is 1. The van der Waals surface area contributed by atoms with Crippen LogP contribution in [0.1, 0.15) is 52.4 Å². The van der Waals surface area contributed by atoms with Gasteiger partial charge in [-0.1, -0.05) is 37.6 Å². The lowest BCUT2D eigenvalue weighted by molar-refractivity contribution is -0.115. The predicted octanol–water partition coefficient (Wildman–Crippen LogP) is 3.81. The molecule has 0 atom stereocenters. The van der Waals surface area contributed by atoms with Crippen LogP contribution in [0, 0.1) is 20.8 Å². The van der Waals surface area contributed by atoms with Crippen molar-refractivity contribution in [1.29, 1.82) is 0 Å². The van der Waals surface area contributed by atoms with Gasteiger partial charge in [-0.3, -0.25) is 9.59 Å². The van der Waals surface area contributed by atoms with E-state index in [2.05, 4.69) is 10.6 Å². The number of carbonyl (C=O) groups is 2. The first-order chi connectivity index (χ1) is 12.2. The number of anilines is 1. The van der Waals surface area contributed by atoms with E-state index >= 15 is 0 Å². The number of nitrogens with one attached hydrogen (secondary N) is 2. The van der Waals surface area contributed by atoms with Crippen LogP contribution in [0.5, 0.6) is 5.75 Å². The molecule has 0 saturated heterocycles. The van der Waals surface area contributed by atoms with Crippen molar-refractivity contribution in [3.63, 3.8) is 0 Å². The average molecular weight is 354 g/mol. The minimum atomic E-state index is -0.481. The molecule has 0 aliphatic carbocycles. The fourth-order valence-corrected chi connectivity index (χ4v) is 2.92. The molecular weight excluding hydrogens is 328 g/mol. The summed E-state index contributed by atoms with van der Waals surface area (Å²) in [7, 11) is 0. The molecule has 26 heavy (non-hydrogen) atoms. The van der Waals surface area contributed by atoms with E-state index in [1.165, 1.54) is 0 Å². The van der Waals surface area contributed by atoms with Crippen molar-refractivity contribution in [2.75, 3.05) is 11.9 Å². The fraction of sp³-hybridized carbons (Fsp3) is 0.333. The molecule has 0 spiro atoms. The van der Waals surface area contributed by atoms with Crippen LogP contribution in [-0.2, 0) is 4.79 Å². The summed E-state index contributed by atoms with van der Waals surface area (Å²) < 4.78 is 0. The SMILES string of the molecule is Cc1cc(C)c(NC(=O)CNC(=O)c2ccc(C(C)C)cc2O)c(C)c1. The molecule has 2 aromatic carbocycles. The Hall–Kier alpha value is -2.82. The standard InChI is InChI=1S/C21H26N2O3/c1-12(2)16-6-7-17(18(24)10-16)21(26)22-11-19(25)23-20-14(4)8-13(3)9-15(20)5/h6-10,12,24H,11H2,1-5H3,(H,22,26)(H,23,25). The predicted molar refractivity (Wildman–Crippen MR) is 104 cm³/mol. The summed E-state index contributed by atoms with van der Waals surface area (Å²) in [4.78, 5) is 24.4. The smallest absolute Gasteiger partial charge is 0.255 e. The summed E-state index contributed by atoms with van der Waals surface area (Å²) in [6.07, 6.45) is 0. The van der Waals surface area contributed by atoms with E-state index in [1.54, 1.807) is 18.2 Å². The number of hydrogen-bond acceptors (Lipinski definition) is 3. The molecule has 0 radical (unpaired) electrons. The Morgan fingerprint density at radius 2 is 1.65 bits per heavy atom. The lowest BCUT2D eigenvalue weighted by Gasteiger charge is -2.14. The number of amides is 2. The second-order valence-electron chi connectivity index (χ2n) is 6.94. The molecule has 0 aliphatic heterocycles. The number of benzene rings is 2. The molecule has 5 nitrogen and oxygen atoms in total. The van der Waals surface area contributed by atoms with E-state index in [1.807, 2.05) is 46.8 Å². The van der Waals surface area contributed by atoms with Crippen molar-refractivity contribution in [2.24, 2.45) is 0 Å². The van der Waals surface area contributed by atoms with Crippen molar-refractivity contribution >= 4 is 17.5 Å². The summed E-state index contributed by atoms with van der Waals surface area (Å²) in [5.41, 5.74) is 4.95. The van der Waals surface area contributed by atoms with Gasteiger partial charge in [0.25, 0.3) is 5.91 Å². The molecule has 2 rings (SSSR count). The third kappa shape index (κ3) is 4.63. The molecule has 0 heterocycles. The van der Waals surface area contributed by atoms with E-state index in [0.29, 0.717) is 0 Å². The molecule has 0 fully saturated rings. The average Bonchev–Trinajstić information content (AvgIpc) is 2.55. The Labute approximate surface area is 154 Å². The molecule has 2 aromatic rings. The Balaban J connectivity index is 2.00. The second-order valence-corrected chi connectivity index (χ2v) is 6.94. The highest BCUT2D eigenvalue weighted by molar-refractivity contribution is 6.01. The number of hydrogen-bond donors (Lipinski definition) is 3. The molecule has 3 N–H and O–H groups in total. The number of carbonyl (C=O) groups excluding carboxylic acids is 2. The number of aryl methyl sites for hydroxylation is 3. The molecule has 0 aliphatic rings. The lowest BCUT2D eigenvalue weighted by atomic mass is 10.0. The third-order valence-electron chi connectivity index (χ3n) is 4.28. The van der Waals surface area contributed by atoms with Gasteiger partial charge in [-0.15, -0.1) is 0 Å². The topological polar surface area (TPSA) is 78.4 Å². The summed E-state index contributed by atoms with van der Waals surface area (Å²) in [5, 5.41) is 15.4. The summed E-state index contributed by atoms with van der Waals surface area (Å²) >= 11 is 0. The zero-order valence-corrected chi connectivity index (χ0v) is 15.9. The van der Waals surface area contributed by atoms with E-state index < -0.39 is 5.91 Å². The highest BCUT2D eigenvalue weighted by atomic mass is 16.3. The number of aromatic hydroxyl groups is 1. The number of rotatable bonds is 5. The van der Waals surface area contributed by atoms with Gasteiger partial charge in [0, 0.05) is 5.69 Å². The van der Waals surface area contributed by atoms with Gasteiger partial charge in [-0.05, 0) is 55.5 Å². The van der Waals surface area contributed by atoms with Crippen LogP contribution in [0.4, 0.5) is 5.69 Å². The molecule has 0 bridgehead atoms. The van der Waals surface area contributed by atoms with E-state index in [-0.39, 0.29) is 29.7 Å². The second kappa shape index (κ2) is 8.04. The van der Waals surface area contributed by atoms with Crippen molar-refractivity contribution in [3.8, 4) is 5.75 Å². The van der Waals surface area contributed by atoms with E-state index in [4.69, 9.17) is 0 Å². The molecule has 0 aromatic heterocycles. The van der Waals surface area contributed by atoms with Gasteiger partial charge >= 0.3 is 0 Å². The van der Waals surface area contributed by atoms with Crippen LogP contribution >= 0.6 is 0 Å². The van der Waals surface area contributed by atoms with Crippen LogP contribution in [-0.4, -0.2) is 23.5 Å². The van der Waals surface area contributed by atoms with Crippen molar-refractivity contribution in [2.45, 2.75) is 40.5 Å². The minimum absolute atomic E-state index is 0.0840. The zero-order valence-electron chi connectivity index (χ0n) is 15.9. The highest BCUT2D eigenvalue weighted by Crippen LogP contribution is 2.24. The molecule has 5 heteroatoms. The van der Waals surface area contributed by atoms with Gasteiger partial charge in [0.05, 0.1) is 12.1 Å². The first kappa shape index (κ1) is 19.5. The van der Waals surface area contributed by atoms with Gasteiger partial charge in [-0.25, -0.2) is 0 Å². The fourth-order valence-electron chi connectivity index (χ4n) is 2.92. The summed E-state index contributed by atoms with van der Waals surface area (Å²) in [6, 6.07) is 8.95. The van der Waals surface area contributed by atoms with Crippen molar-refractivity contribution in [1.82, 2.24) is 5.32 Å². The van der Waals surface area contributed by atoms with E-state index in [0.717, 1.165) is 27.9 Å². The van der Waals surface area contributed by atoms with Crippen LogP contribution in [0.15, 0.2) is 30.3 Å². The van der Waals surface area contributed by atoms with Gasteiger partial charge in [0.1, 0.15) is 5.75 Å². The Kier molecular flexibility index (Phi) is 6.03. The molecule has 138 valence electrons. The van der Waals surface area contributed by atoms with Gasteiger partial charge in [-0.2, -0.15) is 0 Å². The maximum Gasteiger partial charge on any atom is 0.255 e. The van der Waals surface area contributed by atoms with Gasteiger partial charge in [0.15, 0.2) is 0 Å². The van der Waals surface area contributed by atoms with Crippen LogP contribution in [0.3, 0.4) is 0 Å². The number of phenolic OH excluding ortho intramolecular Hbond substituents is 1. The Morgan fingerprint density at radius 3 is 2.19 bits per heavy atom. The lowest BCUT2D eigenvalue weighted by Crippen LogP contribution is -2.33. The van der Waals surface area contributed by atoms with Gasteiger partial charge in [0.2, 0.25) is 5.91 Å². The molecule has 0 unspecified atom stereocenters. The Bertz CT molecular complexity index is 818. The normalized spacial score (nSPS) is 10.7. The van der Waals surface area contributed by atoms with E-state index in [9.17, 15) is 14.7 Å². The third-order valence-corrected chi connectivity index (χ3v) is 4.28. The zero-order chi connectivity index (χ0) is 19.4. The first-order valence-electron chi connectivity index (χ1n) is 8.68. The molecule has 0 saturated carbocycles. The minimum Gasteiger partial charge on any atom is -0.507 e. The van der Waals surface area contributed by atoms with Gasteiger partial charge < -0.3 is 15.7 Å². The largest absolute Gasteiger partial charge is 0.507 e. The van der Waals surface area contributed by atoms with Crippen LogP contribution in [0.25, 0.3) is 0 Å². The van der Waals surface area contributed by atoms with Crippen LogP contribution < -0.4 is 10.6 Å². The quantitative estimate of drug-likeness (QED) is 0.764. The molecule has 2 amide bonds. The monoisotopic (exact) mass is 354 g/mol. The summed E-state index contributed by atoms with van der Waals surface area (Å²) in [6.45, 7) is 9.71. The maximum atomic E-state index is 12.2. The van der Waals surface area contributed by atoms with Crippen LogP contribution in [0.2, 0.25) is 0 Å². The molecular formula is C21H26N2O3. The Morgan fingerprint density at radius 1 is 1.04 bits per heavy atom. The first-order valence-corrected chi connectivity index (χ1v) is 8.68. The van der Waals surface area contributed by atoms with Crippen molar-refractivity contribution in [3.05, 3.63) is 58.1 Å².